The maximum atomic E-state index is 13.6. The summed E-state index contributed by atoms with van der Waals surface area (Å²) in [7, 11) is 1.44. The number of nitrogen functional groups attached to an aromatic ring is 1. The van der Waals surface area contributed by atoms with Gasteiger partial charge in [-0.05, 0) is 23.6 Å². The highest BCUT2D eigenvalue weighted by Gasteiger charge is 2.14. The number of benzene rings is 1. The molecule has 0 bridgehead atoms. The molecule has 0 atom stereocenters. The minimum absolute atomic E-state index is 0.207. The van der Waals surface area contributed by atoms with Gasteiger partial charge in [0.05, 0.1) is 19.3 Å². The Morgan fingerprint density at radius 1 is 1.42 bits per heavy atom. The van der Waals surface area contributed by atoms with Crippen LogP contribution in [0.3, 0.4) is 0 Å². The van der Waals surface area contributed by atoms with E-state index in [9.17, 15) is 4.39 Å². The summed E-state index contributed by atoms with van der Waals surface area (Å²) in [6.07, 6.45) is 0. The van der Waals surface area contributed by atoms with Crippen molar-refractivity contribution >= 4 is 5.82 Å². The Kier molecular flexibility index (Phi) is 3.69. The Morgan fingerprint density at radius 2 is 2.16 bits per heavy atom. The molecule has 0 amide bonds. The molecule has 6 heteroatoms. The third kappa shape index (κ3) is 2.67. The molecular weight excluding hydrogens is 247 g/mol. The van der Waals surface area contributed by atoms with Crippen molar-refractivity contribution in [3.63, 3.8) is 0 Å². The van der Waals surface area contributed by atoms with E-state index in [0.29, 0.717) is 12.4 Å². The lowest BCUT2D eigenvalue weighted by Crippen LogP contribution is -2.09. The highest BCUT2D eigenvalue weighted by atomic mass is 19.1. The van der Waals surface area contributed by atoms with Gasteiger partial charge in [-0.2, -0.15) is 0 Å². The number of rotatable bonds is 4. The van der Waals surface area contributed by atoms with E-state index >= 15 is 0 Å². The van der Waals surface area contributed by atoms with Crippen molar-refractivity contribution in [2.75, 3.05) is 12.8 Å². The Balaban J connectivity index is 2.29. The topological polar surface area (TPSA) is 66.0 Å². The van der Waals surface area contributed by atoms with Gasteiger partial charge < -0.3 is 10.5 Å². The van der Waals surface area contributed by atoms with E-state index in [4.69, 9.17) is 10.5 Å². The van der Waals surface area contributed by atoms with Crippen LogP contribution in [0, 0.1) is 5.82 Å². The van der Waals surface area contributed by atoms with E-state index in [-0.39, 0.29) is 17.5 Å². The van der Waals surface area contributed by atoms with Crippen molar-refractivity contribution in [3.8, 4) is 5.75 Å². The molecule has 5 nitrogen and oxygen atoms in total. The molecule has 1 aromatic carbocycles. The van der Waals surface area contributed by atoms with Crippen LogP contribution in [0.4, 0.5) is 10.2 Å². The SMILES string of the molecule is COc1ccc(Cn2nnc(N)c2C(C)C)cc1F. The van der Waals surface area contributed by atoms with Gasteiger partial charge in [-0.3, -0.25) is 0 Å². The summed E-state index contributed by atoms with van der Waals surface area (Å²) in [4.78, 5) is 0. The lowest BCUT2D eigenvalue weighted by Gasteiger charge is -2.10. The van der Waals surface area contributed by atoms with E-state index in [2.05, 4.69) is 10.3 Å². The summed E-state index contributed by atoms with van der Waals surface area (Å²) in [6.45, 7) is 4.46. The molecule has 0 fully saturated rings. The van der Waals surface area contributed by atoms with Crippen LogP contribution in [0.2, 0.25) is 0 Å². The van der Waals surface area contributed by atoms with Crippen LogP contribution in [-0.2, 0) is 6.54 Å². The van der Waals surface area contributed by atoms with Crippen LogP contribution in [-0.4, -0.2) is 22.1 Å². The van der Waals surface area contributed by atoms with Gasteiger partial charge in [-0.25, -0.2) is 9.07 Å². The van der Waals surface area contributed by atoms with Crippen LogP contribution in [0.15, 0.2) is 18.2 Å². The summed E-state index contributed by atoms with van der Waals surface area (Å²) in [5.41, 5.74) is 7.42. The molecule has 2 rings (SSSR count). The summed E-state index contributed by atoms with van der Waals surface area (Å²) >= 11 is 0. The quantitative estimate of drug-likeness (QED) is 0.919. The molecule has 0 radical (unpaired) electrons. The molecule has 102 valence electrons. The third-order valence-corrected chi connectivity index (χ3v) is 2.90. The highest BCUT2D eigenvalue weighted by molar-refractivity contribution is 5.36. The second kappa shape index (κ2) is 5.26. The molecule has 0 unspecified atom stereocenters. The second-order valence-electron chi connectivity index (χ2n) is 4.64. The van der Waals surface area contributed by atoms with Crippen LogP contribution in [0.25, 0.3) is 0 Å². The molecule has 19 heavy (non-hydrogen) atoms. The predicted octanol–water partition coefficient (Wildman–Crippen LogP) is 2.18. The maximum absolute atomic E-state index is 13.6. The Labute approximate surface area is 111 Å². The monoisotopic (exact) mass is 264 g/mol. The molecule has 0 aliphatic heterocycles. The number of hydrogen-bond acceptors (Lipinski definition) is 4. The number of ether oxygens (including phenoxy) is 1. The first kappa shape index (κ1) is 13.3. The first-order chi connectivity index (χ1) is 9.02. The van der Waals surface area contributed by atoms with Crippen molar-refractivity contribution in [3.05, 3.63) is 35.3 Å². The molecule has 0 aliphatic carbocycles. The minimum atomic E-state index is -0.390. The third-order valence-electron chi connectivity index (χ3n) is 2.90. The molecule has 2 aromatic rings. The Hall–Kier alpha value is -2.11. The highest BCUT2D eigenvalue weighted by Crippen LogP contribution is 2.22. The van der Waals surface area contributed by atoms with Crippen molar-refractivity contribution in [1.29, 1.82) is 0 Å². The predicted molar refractivity (Wildman–Crippen MR) is 70.6 cm³/mol. The zero-order valence-corrected chi connectivity index (χ0v) is 11.2. The van der Waals surface area contributed by atoms with E-state index in [1.54, 1.807) is 16.8 Å². The number of nitrogens with two attached hydrogens (primary N) is 1. The second-order valence-corrected chi connectivity index (χ2v) is 4.64. The van der Waals surface area contributed by atoms with Gasteiger partial charge in [0.1, 0.15) is 0 Å². The Morgan fingerprint density at radius 3 is 2.74 bits per heavy atom. The lowest BCUT2D eigenvalue weighted by atomic mass is 10.1. The molecule has 0 saturated heterocycles. The molecule has 2 N–H and O–H groups in total. The Bertz CT molecular complexity index is 580. The number of hydrogen-bond donors (Lipinski definition) is 1. The zero-order valence-electron chi connectivity index (χ0n) is 11.2. The van der Waals surface area contributed by atoms with Crippen LogP contribution >= 0.6 is 0 Å². The average Bonchev–Trinajstić information content (AvgIpc) is 2.70. The van der Waals surface area contributed by atoms with Crippen molar-refractivity contribution in [2.24, 2.45) is 0 Å². The first-order valence-electron chi connectivity index (χ1n) is 6.04. The van der Waals surface area contributed by atoms with Gasteiger partial charge in [0.15, 0.2) is 17.4 Å². The minimum Gasteiger partial charge on any atom is -0.494 e. The van der Waals surface area contributed by atoms with Crippen molar-refractivity contribution < 1.29 is 9.13 Å². The molecule has 0 aliphatic rings. The standard InChI is InChI=1S/C13H17FN4O/c1-8(2)12-13(15)16-17-18(12)7-9-4-5-11(19-3)10(14)6-9/h4-6,8H,7,15H2,1-3H3. The van der Waals surface area contributed by atoms with Crippen molar-refractivity contribution in [2.45, 2.75) is 26.3 Å². The number of halogens is 1. The van der Waals surface area contributed by atoms with Gasteiger partial charge in [0.2, 0.25) is 0 Å². The zero-order chi connectivity index (χ0) is 14.0. The molecular formula is C13H17FN4O. The van der Waals surface area contributed by atoms with Gasteiger partial charge in [-0.1, -0.05) is 25.1 Å². The normalized spacial score (nSPS) is 11.0. The fraction of sp³-hybridized carbons (Fsp3) is 0.385. The van der Waals surface area contributed by atoms with Crippen LogP contribution in [0.5, 0.6) is 5.75 Å². The number of nitrogens with zero attached hydrogens (tertiary/aromatic N) is 3. The first-order valence-corrected chi connectivity index (χ1v) is 6.04. The van der Waals surface area contributed by atoms with Gasteiger partial charge in [-0.15, -0.1) is 5.10 Å². The number of aromatic nitrogens is 3. The summed E-state index contributed by atoms with van der Waals surface area (Å²) in [5.74, 6) is 0.465. The molecule has 1 aromatic heterocycles. The van der Waals surface area contributed by atoms with E-state index < -0.39 is 0 Å². The van der Waals surface area contributed by atoms with Gasteiger partial charge >= 0.3 is 0 Å². The average molecular weight is 264 g/mol. The summed E-state index contributed by atoms with van der Waals surface area (Å²) in [6, 6.07) is 4.82. The fourth-order valence-electron chi connectivity index (χ4n) is 2.03. The van der Waals surface area contributed by atoms with E-state index in [1.165, 1.54) is 13.2 Å². The largest absolute Gasteiger partial charge is 0.494 e. The lowest BCUT2D eigenvalue weighted by molar-refractivity contribution is 0.386. The summed E-state index contributed by atoms with van der Waals surface area (Å²) < 4.78 is 20.2. The van der Waals surface area contributed by atoms with E-state index in [1.807, 2.05) is 13.8 Å². The fourth-order valence-corrected chi connectivity index (χ4v) is 2.03. The molecule has 1 heterocycles. The molecule has 0 spiro atoms. The van der Waals surface area contributed by atoms with Crippen LogP contribution in [0.1, 0.15) is 31.0 Å². The van der Waals surface area contributed by atoms with Gasteiger partial charge in [0.25, 0.3) is 0 Å². The van der Waals surface area contributed by atoms with E-state index in [0.717, 1.165) is 11.3 Å². The maximum Gasteiger partial charge on any atom is 0.169 e. The van der Waals surface area contributed by atoms with Crippen LogP contribution < -0.4 is 10.5 Å². The molecule has 0 saturated carbocycles. The number of methoxy groups -OCH3 is 1. The summed E-state index contributed by atoms with van der Waals surface area (Å²) in [5, 5.41) is 7.85. The van der Waals surface area contributed by atoms with Gasteiger partial charge in [0, 0.05) is 0 Å². The number of anilines is 1. The van der Waals surface area contributed by atoms with Crippen molar-refractivity contribution in [1.82, 2.24) is 15.0 Å². The smallest absolute Gasteiger partial charge is 0.169 e.